The minimum atomic E-state index is -1.31. The number of amides is 1. The van der Waals surface area contributed by atoms with Crippen molar-refractivity contribution in [1.82, 2.24) is 15.3 Å². The molecule has 0 bridgehead atoms. The Morgan fingerprint density at radius 1 is 1.22 bits per heavy atom. The van der Waals surface area contributed by atoms with Crippen LogP contribution in [0.4, 0.5) is 5.69 Å². The number of carboxylic acids is 2. The summed E-state index contributed by atoms with van der Waals surface area (Å²) in [5.41, 5.74) is 3.86. The van der Waals surface area contributed by atoms with Crippen molar-refractivity contribution >= 4 is 29.1 Å². The third kappa shape index (κ3) is 5.42. The second-order valence-corrected chi connectivity index (χ2v) is 7.08. The third-order valence-electron chi connectivity index (χ3n) is 4.50. The van der Waals surface area contributed by atoms with Crippen LogP contribution in [-0.2, 0) is 9.59 Å². The van der Waals surface area contributed by atoms with Crippen LogP contribution >= 0.6 is 0 Å². The molecule has 32 heavy (non-hydrogen) atoms. The highest BCUT2D eigenvalue weighted by Gasteiger charge is 2.28. The minimum Gasteiger partial charge on any atom is -0.481 e. The highest BCUT2D eigenvalue weighted by Crippen LogP contribution is 2.41. The first kappa shape index (κ1) is 22.3. The van der Waals surface area contributed by atoms with E-state index in [-0.39, 0.29) is 17.8 Å². The molecule has 0 saturated carbocycles. The average Bonchev–Trinajstić information content (AvgIpc) is 3.31. The number of benzene rings is 1. The number of carboxylic acid groups (broad SMARTS) is 2. The fourth-order valence-electron chi connectivity index (χ4n) is 3.04. The van der Waals surface area contributed by atoms with Crippen molar-refractivity contribution in [2.45, 2.75) is 12.5 Å². The van der Waals surface area contributed by atoms with Crippen LogP contribution in [0.15, 0.2) is 60.6 Å². The van der Waals surface area contributed by atoms with Crippen molar-refractivity contribution < 1.29 is 29.3 Å². The first-order chi connectivity index (χ1) is 15.2. The van der Waals surface area contributed by atoms with Gasteiger partial charge in [-0.2, -0.15) is 0 Å². The first-order valence-electron chi connectivity index (χ1n) is 9.57. The van der Waals surface area contributed by atoms with Gasteiger partial charge in [-0.3, -0.25) is 14.4 Å². The Bertz CT molecular complexity index is 1100. The number of aliphatic carboxylic acids is 2. The van der Waals surface area contributed by atoms with E-state index in [0.29, 0.717) is 5.70 Å². The van der Waals surface area contributed by atoms with Crippen molar-refractivity contribution in [3.8, 4) is 5.75 Å². The summed E-state index contributed by atoms with van der Waals surface area (Å²) in [5, 5.41) is 18.3. The topological polar surface area (TPSA) is 145 Å². The summed E-state index contributed by atoms with van der Waals surface area (Å²) in [4.78, 5) is 39.9. The molecular formula is C22H22N4O6. The number of carbonyl (C=O) groups excluding carboxylic acids is 1. The number of fused-ring (bicyclic) bond motifs is 3. The number of nitrogens with one attached hydrogen (secondary N) is 2. The molecular weight excluding hydrogens is 416 g/mol. The number of H-pyrrole nitrogens is 1. The lowest BCUT2D eigenvalue weighted by Gasteiger charge is -2.13. The summed E-state index contributed by atoms with van der Waals surface area (Å²) >= 11 is 0. The van der Waals surface area contributed by atoms with Gasteiger partial charge in [0.1, 0.15) is 18.3 Å². The van der Waals surface area contributed by atoms with Gasteiger partial charge in [0.15, 0.2) is 5.82 Å². The summed E-state index contributed by atoms with van der Waals surface area (Å²) in [5.74, 6) is -1.77. The second-order valence-electron chi connectivity index (χ2n) is 7.08. The molecule has 1 aromatic carbocycles. The van der Waals surface area contributed by atoms with Crippen LogP contribution in [0.25, 0.3) is 5.57 Å². The lowest BCUT2D eigenvalue weighted by molar-refractivity contribution is -0.147. The number of hydrogen-bond donors (Lipinski definition) is 4. The van der Waals surface area contributed by atoms with E-state index in [2.05, 4.69) is 26.3 Å². The van der Waals surface area contributed by atoms with Gasteiger partial charge in [-0.05, 0) is 36.4 Å². The Balaban J connectivity index is 0.000000360. The summed E-state index contributed by atoms with van der Waals surface area (Å²) in [6.07, 6.45) is 9.89. The van der Waals surface area contributed by atoms with Gasteiger partial charge in [0, 0.05) is 49.0 Å². The van der Waals surface area contributed by atoms with Gasteiger partial charge in [0.25, 0.3) is 5.91 Å². The molecule has 1 aliphatic heterocycles. The maximum atomic E-state index is 12.2. The van der Waals surface area contributed by atoms with Crippen molar-refractivity contribution in [2.24, 2.45) is 0 Å². The predicted octanol–water partition coefficient (Wildman–Crippen LogP) is 2.05. The number of imidazole rings is 1. The van der Waals surface area contributed by atoms with E-state index >= 15 is 0 Å². The van der Waals surface area contributed by atoms with Crippen LogP contribution in [0.3, 0.4) is 0 Å². The zero-order valence-corrected chi connectivity index (χ0v) is 17.4. The lowest BCUT2D eigenvalue weighted by atomic mass is 10.0. The number of aromatic nitrogens is 2. The van der Waals surface area contributed by atoms with Gasteiger partial charge >= 0.3 is 11.9 Å². The molecule has 1 atom stereocenters. The van der Waals surface area contributed by atoms with Gasteiger partial charge in [0.2, 0.25) is 0 Å². The van der Waals surface area contributed by atoms with Crippen molar-refractivity contribution in [2.75, 3.05) is 19.0 Å². The molecule has 1 aromatic heterocycles. The Hall–Kier alpha value is -4.34. The van der Waals surface area contributed by atoms with E-state index in [9.17, 15) is 14.4 Å². The molecule has 2 aliphatic rings. The molecule has 0 saturated heterocycles. The summed E-state index contributed by atoms with van der Waals surface area (Å²) in [7, 11) is 4.01. The molecule has 10 nitrogen and oxygen atoms in total. The Kier molecular flexibility index (Phi) is 6.74. The molecule has 1 amide bonds. The Labute approximate surface area is 183 Å². The summed E-state index contributed by atoms with van der Waals surface area (Å²) < 4.78 is 6.01. The second kappa shape index (κ2) is 9.65. The number of carbonyl (C=O) groups is 3. The minimum absolute atomic E-state index is 0.151. The first-order valence-corrected chi connectivity index (χ1v) is 9.57. The molecule has 2 aromatic rings. The van der Waals surface area contributed by atoms with Crippen molar-refractivity contribution in [3.63, 3.8) is 0 Å². The van der Waals surface area contributed by atoms with Gasteiger partial charge in [0.05, 0.1) is 0 Å². The monoisotopic (exact) mass is 438 g/mol. The highest BCUT2D eigenvalue weighted by atomic mass is 16.5. The number of ether oxygens (including phenoxy) is 1. The normalized spacial score (nSPS) is 15.5. The number of rotatable bonds is 5. The van der Waals surface area contributed by atoms with E-state index in [0.717, 1.165) is 22.6 Å². The van der Waals surface area contributed by atoms with Crippen LogP contribution in [0, 0.1) is 0 Å². The summed E-state index contributed by atoms with van der Waals surface area (Å²) in [6.45, 7) is 0. The van der Waals surface area contributed by atoms with Crippen molar-refractivity contribution in [3.05, 3.63) is 72.0 Å². The highest BCUT2D eigenvalue weighted by molar-refractivity contribution is 5.93. The van der Waals surface area contributed by atoms with Gasteiger partial charge in [-0.25, -0.2) is 4.98 Å². The SMILES string of the molecule is CN(C)c1ccc2c(c1)C1=CC(NC(=O)c3ncc[nH]3)=CC=CC1O2.O=C(O)CC(=O)O. The van der Waals surface area contributed by atoms with Gasteiger partial charge in [-0.1, -0.05) is 6.08 Å². The largest absolute Gasteiger partial charge is 0.481 e. The molecule has 0 radical (unpaired) electrons. The van der Waals surface area contributed by atoms with Crippen molar-refractivity contribution in [1.29, 1.82) is 0 Å². The number of hydrogen-bond acceptors (Lipinski definition) is 6. The van der Waals surface area contributed by atoms with E-state index in [1.807, 2.05) is 50.5 Å². The maximum absolute atomic E-state index is 12.2. The standard InChI is InChI=1S/C19H18N4O2.C3H4O4/c1-23(2)13-6-7-17-15(11-13)14-10-12(4-3-5-16(14)25-17)22-19(24)18-20-8-9-21-18;4-2(5)1-3(6)7/h3-11,16H,1-2H3,(H,20,21)(H,22,24);1H2,(H,4,5)(H,6,7). The molecule has 166 valence electrons. The van der Waals surface area contributed by atoms with Crippen LogP contribution in [0.1, 0.15) is 22.6 Å². The molecule has 4 N–H and O–H groups in total. The number of allylic oxidation sites excluding steroid dienone is 3. The molecule has 10 heteroatoms. The Morgan fingerprint density at radius 3 is 2.56 bits per heavy atom. The van der Waals surface area contributed by atoms with E-state index in [1.165, 1.54) is 0 Å². The van der Waals surface area contributed by atoms with Crippen LogP contribution in [0.2, 0.25) is 0 Å². The molecule has 0 fully saturated rings. The third-order valence-corrected chi connectivity index (χ3v) is 4.50. The molecule has 0 spiro atoms. The quantitative estimate of drug-likeness (QED) is 0.519. The smallest absolute Gasteiger partial charge is 0.314 e. The lowest BCUT2D eigenvalue weighted by Crippen LogP contribution is -2.23. The maximum Gasteiger partial charge on any atom is 0.314 e. The molecule has 1 unspecified atom stereocenters. The molecule has 1 aliphatic carbocycles. The molecule has 2 heterocycles. The predicted molar refractivity (Wildman–Crippen MR) is 116 cm³/mol. The number of nitrogens with zero attached hydrogens (tertiary/aromatic N) is 2. The summed E-state index contributed by atoms with van der Waals surface area (Å²) in [6, 6.07) is 6.12. The van der Waals surface area contributed by atoms with E-state index in [4.69, 9.17) is 14.9 Å². The van der Waals surface area contributed by atoms with E-state index < -0.39 is 18.4 Å². The van der Waals surface area contributed by atoms with Crippen LogP contribution in [-0.4, -0.2) is 58.2 Å². The van der Waals surface area contributed by atoms with E-state index in [1.54, 1.807) is 12.4 Å². The Morgan fingerprint density at radius 2 is 1.97 bits per heavy atom. The molecule has 4 rings (SSSR count). The number of aromatic amines is 1. The zero-order chi connectivity index (χ0) is 23.3. The zero-order valence-electron chi connectivity index (χ0n) is 17.4. The average molecular weight is 438 g/mol. The fourth-order valence-corrected chi connectivity index (χ4v) is 3.04. The fraction of sp³-hybridized carbons (Fsp3) is 0.182. The number of anilines is 1. The van der Waals surface area contributed by atoms with Crippen LogP contribution in [0.5, 0.6) is 5.75 Å². The van der Waals surface area contributed by atoms with Gasteiger partial charge in [-0.15, -0.1) is 0 Å². The van der Waals surface area contributed by atoms with Crippen LogP contribution < -0.4 is 15.0 Å². The van der Waals surface area contributed by atoms with Gasteiger partial charge < -0.3 is 30.2 Å².